The summed E-state index contributed by atoms with van der Waals surface area (Å²) in [6.07, 6.45) is 6.72. The molecule has 2 rings (SSSR count). The smallest absolute Gasteiger partial charge is 0.326 e. The average Bonchev–Trinajstić information content (AvgIpc) is 3.29. The van der Waals surface area contributed by atoms with Gasteiger partial charge in [0.15, 0.2) is 0 Å². The van der Waals surface area contributed by atoms with Crippen molar-refractivity contribution in [2.24, 2.45) is 5.73 Å². The van der Waals surface area contributed by atoms with Gasteiger partial charge in [0.05, 0.1) is 12.4 Å². The number of carboxylic acids is 1. The van der Waals surface area contributed by atoms with Crippen molar-refractivity contribution in [1.82, 2.24) is 20.2 Å². The number of imidazole rings is 1. The maximum Gasteiger partial charge on any atom is 0.326 e. The second kappa shape index (κ2) is 9.58. The van der Waals surface area contributed by atoms with Crippen molar-refractivity contribution in [2.45, 2.75) is 43.8 Å². The van der Waals surface area contributed by atoms with Gasteiger partial charge in [-0.25, -0.2) is 9.78 Å². The van der Waals surface area contributed by atoms with Gasteiger partial charge in [-0.2, -0.15) is 11.8 Å². The third-order valence-electron chi connectivity index (χ3n) is 4.38. The van der Waals surface area contributed by atoms with Crippen LogP contribution in [0, 0.1) is 0 Å². The number of likely N-dealkylation sites (tertiary alicyclic amines) is 1. The van der Waals surface area contributed by atoms with Crippen LogP contribution in [0.3, 0.4) is 0 Å². The molecule has 1 aliphatic rings. The molecule has 9 nitrogen and oxygen atoms in total. The number of nitrogens with one attached hydrogen (secondary N) is 2. The summed E-state index contributed by atoms with van der Waals surface area (Å²) in [6, 6.07) is -2.45. The minimum absolute atomic E-state index is 0.197. The van der Waals surface area contributed by atoms with Crippen molar-refractivity contribution in [3.8, 4) is 0 Å². The van der Waals surface area contributed by atoms with Crippen LogP contribution >= 0.6 is 11.8 Å². The average molecular weight is 383 g/mol. The van der Waals surface area contributed by atoms with E-state index < -0.39 is 35.9 Å². The number of H-pyrrole nitrogens is 1. The Labute approximate surface area is 156 Å². The molecule has 0 radical (unpaired) electrons. The second-order valence-electron chi connectivity index (χ2n) is 6.26. The predicted octanol–water partition coefficient (Wildman–Crippen LogP) is -0.407. The van der Waals surface area contributed by atoms with Crippen LogP contribution in [0.15, 0.2) is 12.5 Å². The molecule has 0 aliphatic carbocycles. The molecular weight excluding hydrogens is 358 g/mol. The second-order valence-corrected chi connectivity index (χ2v) is 7.24. The lowest BCUT2D eigenvalue weighted by Gasteiger charge is -2.27. The first kappa shape index (κ1) is 20.2. The Balaban J connectivity index is 2.11. The number of nitrogens with two attached hydrogens (primary N) is 1. The van der Waals surface area contributed by atoms with E-state index in [4.69, 9.17) is 5.73 Å². The molecule has 1 aromatic rings. The first-order valence-corrected chi connectivity index (χ1v) is 9.88. The molecule has 0 aromatic carbocycles. The first-order valence-electron chi connectivity index (χ1n) is 8.49. The molecule has 10 heteroatoms. The number of aromatic amines is 1. The van der Waals surface area contributed by atoms with Gasteiger partial charge in [0, 0.05) is 24.9 Å². The zero-order valence-electron chi connectivity index (χ0n) is 14.7. The number of carbonyl (C=O) groups excluding carboxylic acids is 2. The lowest BCUT2D eigenvalue weighted by atomic mass is 10.1. The Kier molecular flexibility index (Phi) is 7.46. The third-order valence-corrected chi connectivity index (χ3v) is 5.03. The number of aromatic nitrogens is 2. The highest BCUT2D eigenvalue weighted by Gasteiger charge is 2.38. The Morgan fingerprint density at radius 1 is 1.54 bits per heavy atom. The van der Waals surface area contributed by atoms with E-state index in [-0.39, 0.29) is 6.42 Å². The number of carbonyl (C=O) groups is 3. The Morgan fingerprint density at radius 2 is 2.31 bits per heavy atom. The number of thioether (sulfide) groups is 1. The summed E-state index contributed by atoms with van der Waals surface area (Å²) in [4.78, 5) is 44.8. The summed E-state index contributed by atoms with van der Waals surface area (Å²) in [5, 5.41) is 12.0. The number of aliphatic carboxylic acids is 1. The van der Waals surface area contributed by atoms with Gasteiger partial charge >= 0.3 is 5.97 Å². The van der Waals surface area contributed by atoms with Gasteiger partial charge in [0.25, 0.3) is 0 Å². The SMILES string of the molecule is CSCC[C@H](N)C(=O)N[C@@H](Cc1cnc[nH]1)C(=O)N1CCC[C@@H]1C(=O)O. The maximum atomic E-state index is 12.9. The highest BCUT2D eigenvalue weighted by molar-refractivity contribution is 7.98. The van der Waals surface area contributed by atoms with E-state index in [9.17, 15) is 19.5 Å². The molecule has 1 saturated heterocycles. The minimum Gasteiger partial charge on any atom is -0.480 e. The molecule has 3 atom stereocenters. The van der Waals surface area contributed by atoms with E-state index in [1.165, 1.54) is 11.2 Å². The molecule has 144 valence electrons. The Bertz CT molecular complexity index is 624. The lowest BCUT2D eigenvalue weighted by Crippen LogP contribution is -2.55. The van der Waals surface area contributed by atoms with Crippen molar-refractivity contribution < 1.29 is 19.5 Å². The van der Waals surface area contributed by atoms with Gasteiger partial charge in [0.2, 0.25) is 11.8 Å². The van der Waals surface area contributed by atoms with E-state index in [1.54, 1.807) is 18.0 Å². The van der Waals surface area contributed by atoms with Crippen LogP contribution in [0.25, 0.3) is 0 Å². The standard InChI is InChI=1S/C16H25N5O4S/c1-26-6-4-11(17)14(22)20-12(7-10-8-18-9-19-10)15(23)21-5-2-3-13(21)16(24)25/h8-9,11-13H,2-7,17H2,1H3,(H,18,19)(H,20,22)(H,24,25)/t11-,12-,13+/m0/s1. The molecule has 26 heavy (non-hydrogen) atoms. The summed E-state index contributed by atoms with van der Waals surface area (Å²) in [5.74, 6) is -1.11. The van der Waals surface area contributed by atoms with Crippen LogP contribution in [0.2, 0.25) is 0 Å². The van der Waals surface area contributed by atoms with Crippen LogP contribution in [0.5, 0.6) is 0 Å². The molecule has 0 saturated carbocycles. The molecule has 2 amide bonds. The van der Waals surface area contributed by atoms with Crippen molar-refractivity contribution in [2.75, 3.05) is 18.6 Å². The molecule has 1 fully saturated rings. The molecule has 1 aliphatic heterocycles. The largest absolute Gasteiger partial charge is 0.480 e. The quantitative estimate of drug-likeness (QED) is 0.454. The van der Waals surface area contributed by atoms with Crippen molar-refractivity contribution in [3.05, 3.63) is 18.2 Å². The van der Waals surface area contributed by atoms with Crippen molar-refractivity contribution in [3.63, 3.8) is 0 Å². The monoisotopic (exact) mass is 383 g/mol. The normalized spacial score (nSPS) is 19.2. The predicted molar refractivity (Wildman–Crippen MR) is 97.6 cm³/mol. The number of carboxylic acid groups (broad SMARTS) is 1. The van der Waals surface area contributed by atoms with E-state index >= 15 is 0 Å². The minimum atomic E-state index is -1.03. The summed E-state index contributed by atoms with van der Waals surface area (Å²) in [5.41, 5.74) is 6.56. The topological polar surface area (TPSA) is 141 Å². The van der Waals surface area contributed by atoms with Crippen LogP contribution in [0.4, 0.5) is 0 Å². The highest BCUT2D eigenvalue weighted by Crippen LogP contribution is 2.19. The molecule has 1 aromatic heterocycles. The van der Waals surface area contributed by atoms with Crippen molar-refractivity contribution in [1.29, 1.82) is 0 Å². The lowest BCUT2D eigenvalue weighted by molar-refractivity contribution is -0.149. The fourth-order valence-electron chi connectivity index (χ4n) is 2.96. The van der Waals surface area contributed by atoms with E-state index in [1.807, 2.05) is 6.26 Å². The summed E-state index contributed by atoms with van der Waals surface area (Å²) in [6.45, 7) is 0.365. The number of nitrogens with zero attached hydrogens (tertiary/aromatic N) is 2. The summed E-state index contributed by atoms with van der Waals surface area (Å²) >= 11 is 1.59. The molecule has 0 bridgehead atoms. The summed E-state index contributed by atoms with van der Waals surface area (Å²) < 4.78 is 0. The fraction of sp³-hybridized carbons (Fsp3) is 0.625. The molecule has 0 spiro atoms. The van der Waals surface area contributed by atoms with Crippen LogP contribution in [-0.4, -0.2) is 74.4 Å². The van der Waals surface area contributed by atoms with Gasteiger partial charge < -0.3 is 26.0 Å². The zero-order chi connectivity index (χ0) is 19.1. The third kappa shape index (κ3) is 5.21. The van der Waals surface area contributed by atoms with Crippen molar-refractivity contribution >= 4 is 29.5 Å². The Hall–Kier alpha value is -2.07. The first-order chi connectivity index (χ1) is 12.4. The number of rotatable bonds is 9. The summed E-state index contributed by atoms with van der Waals surface area (Å²) in [7, 11) is 0. The zero-order valence-corrected chi connectivity index (χ0v) is 15.5. The number of hydrogen-bond donors (Lipinski definition) is 4. The maximum absolute atomic E-state index is 12.9. The van der Waals surface area contributed by atoms with Gasteiger partial charge in [-0.15, -0.1) is 0 Å². The van der Waals surface area contributed by atoms with E-state index in [0.717, 1.165) is 5.75 Å². The van der Waals surface area contributed by atoms with Gasteiger partial charge in [-0.05, 0) is 31.3 Å². The molecule has 5 N–H and O–H groups in total. The van der Waals surface area contributed by atoms with Gasteiger partial charge in [-0.3, -0.25) is 9.59 Å². The van der Waals surface area contributed by atoms with Gasteiger partial charge in [-0.1, -0.05) is 0 Å². The van der Waals surface area contributed by atoms with Crippen LogP contribution < -0.4 is 11.1 Å². The molecule has 0 unspecified atom stereocenters. The molecule has 2 heterocycles. The van der Waals surface area contributed by atoms with Crippen LogP contribution in [0.1, 0.15) is 25.0 Å². The fourth-order valence-corrected chi connectivity index (χ4v) is 3.45. The van der Waals surface area contributed by atoms with Crippen LogP contribution in [-0.2, 0) is 20.8 Å². The Morgan fingerprint density at radius 3 is 2.92 bits per heavy atom. The molecular formula is C16H25N5O4S. The van der Waals surface area contributed by atoms with E-state index in [2.05, 4.69) is 15.3 Å². The number of hydrogen-bond acceptors (Lipinski definition) is 6. The van der Waals surface area contributed by atoms with Gasteiger partial charge in [0.1, 0.15) is 12.1 Å². The highest BCUT2D eigenvalue weighted by atomic mass is 32.2. The van der Waals surface area contributed by atoms with E-state index in [0.29, 0.717) is 31.5 Å². The number of amides is 2.